The molecule has 1 atom stereocenters. The lowest BCUT2D eigenvalue weighted by Crippen LogP contribution is -2.37. The molecule has 4 heteroatoms. The zero-order chi connectivity index (χ0) is 13.7. The first-order chi connectivity index (χ1) is 8.45. The second kappa shape index (κ2) is 6.40. The van der Waals surface area contributed by atoms with Crippen LogP contribution in [-0.2, 0) is 4.79 Å². The Kier molecular flexibility index (Phi) is 5.16. The quantitative estimate of drug-likeness (QED) is 0.809. The van der Waals surface area contributed by atoms with Crippen molar-refractivity contribution in [2.45, 2.75) is 19.9 Å². The molecule has 0 aliphatic heterocycles. The fourth-order valence-corrected chi connectivity index (χ4v) is 1.72. The minimum atomic E-state index is 0.135. The van der Waals surface area contributed by atoms with Crippen molar-refractivity contribution in [1.82, 2.24) is 9.80 Å². The molecule has 1 unspecified atom stereocenters. The van der Waals surface area contributed by atoms with Crippen molar-refractivity contribution in [3.05, 3.63) is 29.8 Å². The Balaban J connectivity index is 2.67. The molecule has 1 aromatic rings. The number of carbonyl (C=O) groups excluding carboxylic acids is 1. The van der Waals surface area contributed by atoms with Crippen LogP contribution in [0.4, 0.5) is 5.69 Å². The molecule has 0 aliphatic carbocycles. The lowest BCUT2D eigenvalue weighted by molar-refractivity contribution is -0.131. The second-order valence-electron chi connectivity index (χ2n) is 4.67. The van der Waals surface area contributed by atoms with E-state index in [1.165, 1.54) is 0 Å². The average Bonchev–Trinajstić information content (AvgIpc) is 2.36. The number of rotatable bonds is 5. The second-order valence-corrected chi connectivity index (χ2v) is 4.67. The Bertz CT molecular complexity index is 406. The van der Waals surface area contributed by atoms with Crippen LogP contribution >= 0.6 is 0 Å². The fraction of sp³-hybridized carbons (Fsp3) is 0.500. The number of nitrogens with zero attached hydrogens (tertiary/aromatic N) is 2. The molecule has 0 aliphatic rings. The number of benzene rings is 1. The smallest absolute Gasteiger partial charge is 0.236 e. The number of likely N-dealkylation sites (N-methyl/N-ethyl adjacent to an activating group) is 2. The maximum atomic E-state index is 11.8. The van der Waals surface area contributed by atoms with Gasteiger partial charge in [-0.3, -0.25) is 9.69 Å². The van der Waals surface area contributed by atoms with E-state index in [1.807, 2.05) is 50.2 Å². The molecule has 0 bridgehead atoms. The number of hydrogen-bond donors (Lipinski definition) is 1. The number of anilines is 1. The van der Waals surface area contributed by atoms with Gasteiger partial charge in [-0.15, -0.1) is 0 Å². The summed E-state index contributed by atoms with van der Waals surface area (Å²) in [5, 5.41) is 0. The van der Waals surface area contributed by atoms with Gasteiger partial charge >= 0.3 is 0 Å². The average molecular weight is 249 g/mol. The van der Waals surface area contributed by atoms with Crippen molar-refractivity contribution in [3.63, 3.8) is 0 Å². The van der Waals surface area contributed by atoms with Gasteiger partial charge in [-0.25, -0.2) is 0 Å². The summed E-state index contributed by atoms with van der Waals surface area (Å²) in [6.45, 7) is 5.20. The fourth-order valence-electron chi connectivity index (χ4n) is 1.72. The van der Waals surface area contributed by atoms with E-state index in [4.69, 9.17) is 5.73 Å². The Morgan fingerprint density at radius 3 is 2.61 bits per heavy atom. The number of carbonyl (C=O) groups is 1. The monoisotopic (exact) mass is 249 g/mol. The topological polar surface area (TPSA) is 49.6 Å². The maximum absolute atomic E-state index is 11.8. The third kappa shape index (κ3) is 3.74. The van der Waals surface area contributed by atoms with E-state index in [-0.39, 0.29) is 11.9 Å². The molecule has 4 nitrogen and oxygen atoms in total. The largest absolute Gasteiger partial charge is 0.399 e. The number of nitrogen functional groups attached to an aromatic ring is 1. The molecule has 0 saturated heterocycles. The summed E-state index contributed by atoms with van der Waals surface area (Å²) in [6, 6.07) is 7.96. The predicted molar refractivity (Wildman–Crippen MR) is 75.2 cm³/mol. The molecular weight excluding hydrogens is 226 g/mol. The van der Waals surface area contributed by atoms with E-state index in [0.717, 1.165) is 17.8 Å². The number of amides is 1. The van der Waals surface area contributed by atoms with Crippen LogP contribution in [-0.4, -0.2) is 42.9 Å². The minimum absolute atomic E-state index is 0.135. The Morgan fingerprint density at radius 1 is 1.39 bits per heavy atom. The Hall–Kier alpha value is -1.55. The van der Waals surface area contributed by atoms with Gasteiger partial charge in [-0.1, -0.05) is 12.1 Å². The van der Waals surface area contributed by atoms with Crippen molar-refractivity contribution in [1.29, 1.82) is 0 Å². The molecule has 100 valence electrons. The molecule has 0 fully saturated rings. The van der Waals surface area contributed by atoms with Crippen molar-refractivity contribution < 1.29 is 4.79 Å². The first kappa shape index (κ1) is 14.5. The van der Waals surface area contributed by atoms with E-state index in [1.54, 1.807) is 4.90 Å². The van der Waals surface area contributed by atoms with Crippen LogP contribution in [0.2, 0.25) is 0 Å². The van der Waals surface area contributed by atoms with Crippen LogP contribution < -0.4 is 5.73 Å². The number of nitrogens with two attached hydrogens (primary N) is 1. The third-order valence-corrected chi connectivity index (χ3v) is 3.34. The van der Waals surface area contributed by atoms with Gasteiger partial charge in [-0.2, -0.15) is 0 Å². The van der Waals surface area contributed by atoms with Gasteiger partial charge in [0.2, 0.25) is 5.91 Å². The van der Waals surface area contributed by atoms with Crippen LogP contribution in [0.3, 0.4) is 0 Å². The highest BCUT2D eigenvalue weighted by atomic mass is 16.2. The van der Waals surface area contributed by atoms with Crippen molar-refractivity contribution >= 4 is 11.6 Å². The molecule has 0 saturated carbocycles. The van der Waals surface area contributed by atoms with E-state index >= 15 is 0 Å². The lowest BCUT2D eigenvalue weighted by Gasteiger charge is -2.26. The molecule has 1 rings (SSSR count). The van der Waals surface area contributed by atoms with Crippen LogP contribution in [0.25, 0.3) is 0 Å². The SMILES string of the molecule is CCN(C)C(=O)CN(C)C(C)c1cccc(N)c1. The summed E-state index contributed by atoms with van der Waals surface area (Å²) in [4.78, 5) is 15.6. The highest BCUT2D eigenvalue weighted by molar-refractivity contribution is 5.77. The Morgan fingerprint density at radius 2 is 2.06 bits per heavy atom. The lowest BCUT2D eigenvalue weighted by atomic mass is 10.1. The molecule has 18 heavy (non-hydrogen) atoms. The highest BCUT2D eigenvalue weighted by Crippen LogP contribution is 2.20. The van der Waals surface area contributed by atoms with Crippen LogP contribution in [0.1, 0.15) is 25.5 Å². The maximum Gasteiger partial charge on any atom is 0.236 e. The minimum Gasteiger partial charge on any atom is -0.399 e. The standard InChI is InChI=1S/C14H23N3O/c1-5-16(3)14(18)10-17(4)11(2)12-7-6-8-13(15)9-12/h6-9,11H,5,10,15H2,1-4H3. The summed E-state index contributed by atoms with van der Waals surface area (Å²) >= 11 is 0. The van der Waals surface area contributed by atoms with E-state index in [2.05, 4.69) is 6.92 Å². The van der Waals surface area contributed by atoms with Gasteiger partial charge in [0, 0.05) is 25.3 Å². The van der Waals surface area contributed by atoms with E-state index in [0.29, 0.717) is 6.54 Å². The third-order valence-electron chi connectivity index (χ3n) is 3.34. The van der Waals surface area contributed by atoms with Gasteiger partial charge in [0.15, 0.2) is 0 Å². The van der Waals surface area contributed by atoms with E-state index in [9.17, 15) is 4.79 Å². The summed E-state index contributed by atoms with van der Waals surface area (Å²) in [5.74, 6) is 0.135. The van der Waals surface area contributed by atoms with Gasteiger partial charge in [-0.05, 0) is 38.6 Å². The molecule has 0 radical (unpaired) electrons. The van der Waals surface area contributed by atoms with Crippen LogP contribution in [0, 0.1) is 0 Å². The van der Waals surface area contributed by atoms with E-state index < -0.39 is 0 Å². The summed E-state index contributed by atoms with van der Waals surface area (Å²) < 4.78 is 0. The van der Waals surface area contributed by atoms with Gasteiger partial charge in [0.05, 0.1) is 6.54 Å². The first-order valence-electron chi connectivity index (χ1n) is 6.25. The van der Waals surface area contributed by atoms with Crippen LogP contribution in [0.15, 0.2) is 24.3 Å². The summed E-state index contributed by atoms with van der Waals surface area (Å²) in [7, 11) is 3.77. The molecule has 1 aromatic carbocycles. The highest BCUT2D eigenvalue weighted by Gasteiger charge is 2.16. The zero-order valence-corrected chi connectivity index (χ0v) is 11.7. The van der Waals surface area contributed by atoms with Crippen molar-refractivity contribution in [3.8, 4) is 0 Å². The summed E-state index contributed by atoms with van der Waals surface area (Å²) in [6.07, 6.45) is 0. The summed E-state index contributed by atoms with van der Waals surface area (Å²) in [5.41, 5.74) is 7.66. The Labute approximate surface area is 109 Å². The van der Waals surface area contributed by atoms with Crippen molar-refractivity contribution in [2.75, 3.05) is 32.9 Å². The van der Waals surface area contributed by atoms with Crippen molar-refractivity contribution in [2.24, 2.45) is 0 Å². The van der Waals surface area contributed by atoms with Crippen LogP contribution in [0.5, 0.6) is 0 Å². The molecule has 0 heterocycles. The molecule has 2 N–H and O–H groups in total. The molecular formula is C14H23N3O. The van der Waals surface area contributed by atoms with Gasteiger partial charge in [0.25, 0.3) is 0 Å². The molecule has 0 aromatic heterocycles. The molecule has 0 spiro atoms. The zero-order valence-electron chi connectivity index (χ0n) is 11.7. The predicted octanol–water partition coefficient (Wildman–Crippen LogP) is 1.74. The van der Waals surface area contributed by atoms with Gasteiger partial charge in [0.1, 0.15) is 0 Å². The number of hydrogen-bond acceptors (Lipinski definition) is 3. The van der Waals surface area contributed by atoms with Gasteiger partial charge < -0.3 is 10.6 Å². The normalized spacial score (nSPS) is 12.5. The first-order valence-corrected chi connectivity index (χ1v) is 6.25. The molecule has 1 amide bonds.